The molecule has 0 N–H and O–H groups in total. The van der Waals surface area contributed by atoms with Gasteiger partial charge in [-0.25, -0.2) is 0 Å². The van der Waals surface area contributed by atoms with E-state index >= 15 is 0 Å². The fourth-order valence-corrected chi connectivity index (χ4v) is 2.19. The first kappa shape index (κ1) is 14.0. The highest BCUT2D eigenvalue weighted by atomic mass is 16.3. The van der Waals surface area contributed by atoms with Crippen LogP contribution in [0.5, 0.6) is 0 Å². The monoisotopic (exact) mass is 302 g/mol. The molecule has 3 heteroatoms. The first-order chi connectivity index (χ1) is 11.5. The second kappa shape index (κ2) is 14.3. The van der Waals surface area contributed by atoms with Crippen LogP contribution in [-0.2, 0) is 0 Å². The van der Waals surface area contributed by atoms with E-state index in [9.17, 15) is 4.91 Å². The minimum absolute atomic E-state index is 0.129. The van der Waals surface area contributed by atoms with Crippen LogP contribution in [0.3, 0.4) is 0 Å². The van der Waals surface area contributed by atoms with Crippen molar-refractivity contribution in [3.63, 3.8) is 0 Å². The molecule has 0 saturated heterocycles. The first-order valence-electron chi connectivity index (χ1n) is 10.7. The third-order valence-corrected chi connectivity index (χ3v) is 3.52. The van der Waals surface area contributed by atoms with Crippen LogP contribution in [0.2, 0.25) is 0 Å². The highest BCUT2D eigenvalue weighted by Gasteiger charge is 2.03. The van der Waals surface area contributed by atoms with Crippen LogP contribution in [0, 0.1) is 16.7 Å². The summed E-state index contributed by atoms with van der Waals surface area (Å²) in [6.45, 7) is 4.56. The maximum atomic E-state index is 11.2. The fraction of sp³-hybridized carbons (Fsp3) is 1.00. The van der Waals surface area contributed by atoms with Crippen molar-refractivity contribution >= 4 is 0 Å². The molecule has 0 aromatic heterocycles. The molecule has 0 heterocycles. The van der Waals surface area contributed by atoms with E-state index in [0.717, 1.165) is 38.5 Å². The van der Waals surface area contributed by atoms with Gasteiger partial charge >= 0.3 is 0 Å². The summed E-state index contributed by atoms with van der Waals surface area (Å²) < 4.78 is 32.4. The van der Waals surface area contributed by atoms with Crippen molar-refractivity contribution < 1.29 is 5.48 Å². The van der Waals surface area contributed by atoms with E-state index in [0.29, 0.717) is 29.7 Å². The third kappa shape index (κ3) is 15.6. The summed E-state index contributed by atoms with van der Waals surface area (Å²) in [6.07, 6.45) is 7.59. The van der Waals surface area contributed by atoms with Crippen molar-refractivity contribution in [3.8, 4) is 0 Å². The molecule has 0 bridgehead atoms. The summed E-state index contributed by atoms with van der Waals surface area (Å²) in [6, 6.07) is 0. The van der Waals surface area contributed by atoms with Gasteiger partial charge < -0.3 is 0 Å². The molecule has 0 rings (SSSR count). The van der Waals surface area contributed by atoms with Crippen LogP contribution in [0.25, 0.3) is 0 Å². The van der Waals surface area contributed by atoms with E-state index in [1.807, 2.05) is 0 Å². The molecule has 0 spiro atoms. The van der Waals surface area contributed by atoms with Crippen LogP contribution in [0.1, 0.15) is 97.4 Å². The lowest BCUT2D eigenvalue weighted by Crippen LogP contribution is -2.19. The molecule has 0 aromatic rings. The standard InChI is InChI=1S/C18H38N2O/c1-17(2)13-9-5-7-11-15-20(19-21)16-12-8-6-10-14-18(3)4/h17-18H,5-16H2,1-4H3/i15D2,16D2. The van der Waals surface area contributed by atoms with E-state index < -0.39 is 13.0 Å². The number of unbranched alkanes of at least 4 members (excludes halogenated alkanes) is 4. The van der Waals surface area contributed by atoms with Crippen molar-refractivity contribution in [1.29, 1.82) is 0 Å². The lowest BCUT2D eigenvalue weighted by Gasteiger charge is -2.15. The van der Waals surface area contributed by atoms with Gasteiger partial charge in [0.2, 0.25) is 0 Å². The van der Waals surface area contributed by atoms with Gasteiger partial charge in [-0.1, -0.05) is 79.1 Å². The Morgan fingerprint density at radius 2 is 1.14 bits per heavy atom. The highest BCUT2D eigenvalue weighted by Crippen LogP contribution is 2.12. The molecular formula is C18H38N2O. The lowest BCUT2D eigenvalue weighted by atomic mass is 10.0. The molecule has 0 amide bonds. The highest BCUT2D eigenvalue weighted by molar-refractivity contribution is 4.55. The largest absolute Gasteiger partial charge is 0.261 e. The minimum atomic E-state index is -2.04. The Kier molecular flexibility index (Phi) is 9.58. The van der Waals surface area contributed by atoms with Gasteiger partial charge in [-0.15, -0.1) is 4.91 Å². The molecule has 21 heavy (non-hydrogen) atoms. The van der Waals surface area contributed by atoms with Gasteiger partial charge in [0.05, 0.1) is 10.8 Å². The zero-order valence-corrected chi connectivity index (χ0v) is 14.5. The molecule has 126 valence electrons. The number of nitroso groups, excluding NO2 is 1. The van der Waals surface area contributed by atoms with Gasteiger partial charge in [0.1, 0.15) is 0 Å². The Hall–Kier alpha value is -0.600. The zero-order valence-electron chi connectivity index (χ0n) is 18.5. The van der Waals surface area contributed by atoms with E-state index in [-0.39, 0.29) is 12.8 Å². The van der Waals surface area contributed by atoms with E-state index in [1.54, 1.807) is 0 Å². The van der Waals surface area contributed by atoms with E-state index in [1.165, 1.54) is 0 Å². The predicted molar refractivity (Wildman–Crippen MR) is 93.2 cm³/mol. The van der Waals surface area contributed by atoms with Crippen LogP contribution in [0.4, 0.5) is 0 Å². The summed E-state index contributed by atoms with van der Waals surface area (Å²) in [5.74, 6) is 1.27. The van der Waals surface area contributed by atoms with Gasteiger partial charge in [0, 0.05) is 13.0 Å². The second-order valence-electron chi connectivity index (χ2n) is 6.70. The smallest absolute Gasteiger partial charge is 0.0523 e. The topological polar surface area (TPSA) is 32.7 Å². The molecule has 3 nitrogen and oxygen atoms in total. The summed E-state index contributed by atoms with van der Waals surface area (Å²) >= 11 is 0. The molecule has 0 radical (unpaired) electrons. The molecule has 0 unspecified atom stereocenters. The molecule has 0 aromatic carbocycles. The summed E-state index contributed by atoms with van der Waals surface area (Å²) in [5, 5.41) is 3.24. The molecule has 0 aliphatic carbocycles. The number of hydrogen-bond donors (Lipinski definition) is 0. The fourth-order valence-electron chi connectivity index (χ4n) is 2.19. The first-order valence-corrected chi connectivity index (χ1v) is 8.66. The normalized spacial score (nSPS) is 15.5. The van der Waals surface area contributed by atoms with Gasteiger partial charge in [-0.05, 0) is 24.7 Å². The van der Waals surface area contributed by atoms with Gasteiger partial charge in [0.25, 0.3) is 0 Å². The van der Waals surface area contributed by atoms with Crippen molar-refractivity contribution in [2.45, 2.75) is 91.9 Å². The Labute approximate surface area is 138 Å². The average molecular weight is 303 g/mol. The Bertz CT molecular complexity index is 333. The Balaban J connectivity index is 4.39. The maximum absolute atomic E-state index is 11.2. The molecule has 0 saturated carbocycles. The van der Waals surface area contributed by atoms with Crippen molar-refractivity contribution in [2.75, 3.05) is 13.0 Å². The summed E-state index contributed by atoms with van der Waals surface area (Å²) in [4.78, 5) is 11.2. The quantitative estimate of drug-likeness (QED) is 0.205. The van der Waals surface area contributed by atoms with Crippen LogP contribution in [0.15, 0.2) is 5.29 Å². The molecule has 0 aliphatic heterocycles. The van der Waals surface area contributed by atoms with Crippen molar-refractivity contribution in [2.24, 2.45) is 17.1 Å². The van der Waals surface area contributed by atoms with Crippen molar-refractivity contribution in [3.05, 3.63) is 4.91 Å². The Morgan fingerprint density at radius 1 is 0.762 bits per heavy atom. The maximum Gasteiger partial charge on any atom is 0.0523 e. The van der Waals surface area contributed by atoms with E-state index in [2.05, 4.69) is 33.0 Å². The van der Waals surface area contributed by atoms with Crippen LogP contribution in [-0.4, -0.2) is 18.0 Å². The van der Waals surface area contributed by atoms with Crippen molar-refractivity contribution in [1.82, 2.24) is 5.01 Å². The number of hydrogen-bond acceptors (Lipinski definition) is 2. The van der Waals surface area contributed by atoms with Gasteiger partial charge in [-0.3, -0.25) is 5.01 Å². The molecular weight excluding hydrogens is 260 g/mol. The minimum Gasteiger partial charge on any atom is -0.261 e. The lowest BCUT2D eigenvalue weighted by molar-refractivity contribution is 0.268. The predicted octanol–water partition coefficient (Wildman–Crippen LogP) is 6.18. The van der Waals surface area contributed by atoms with E-state index in [4.69, 9.17) is 5.48 Å². The van der Waals surface area contributed by atoms with Crippen LogP contribution < -0.4 is 0 Å². The summed E-state index contributed by atoms with van der Waals surface area (Å²) in [5.41, 5.74) is 0. The van der Waals surface area contributed by atoms with Gasteiger partial charge in [0.15, 0.2) is 0 Å². The third-order valence-electron chi connectivity index (χ3n) is 3.52. The van der Waals surface area contributed by atoms with Gasteiger partial charge in [-0.2, -0.15) is 0 Å². The molecule has 0 atom stereocenters. The molecule has 0 fully saturated rings. The number of rotatable bonds is 15. The summed E-state index contributed by atoms with van der Waals surface area (Å²) in [7, 11) is 0. The second-order valence-corrected chi connectivity index (χ2v) is 6.70. The number of nitrogens with zero attached hydrogens (tertiary/aromatic N) is 2. The average Bonchev–Trinajstić information content (AvgIpc) is 2.45. The SMILES string of the molecule is [2H]C([2H])(CCCCCC(C)C)N(N=O)C([2H])([2H])CCCCCC(C)C. The Morgan fingerprint density at radius 3 is 1.48 bits per heavy atom. The van der Waals surface area contributed by atoms with Crippen LogP contribution >= 0.6 is 0 Å². The molecule has 0 aliphatic rings. The zero-order chi connectivity index (χ0) is 19.5.